The van der Waals surface area contributed by atoms with E-state index in [2.05, 4.69) is 45.1 Å². The SMILES string of the molecule is Cc1nc(N(Cc2ccc(N)cc2)C2CC2)ccc1Br. The van der Waals surface area contributed by atoms with E-state index in [9.17, 15) is 0 Å². The van der Waals surface area contributed by atoms with Crippen LogP contribution >= 0.6 is 15.9 Å². The molecule has 1 fully saturated rings. The van der Waals surface area contributed by atoms with Crippen LogP contribution in [0.3, 0.4) is 0 Å². The summed E-state index contributed by atoms with van der Waals surface area (Å²) in [4.78, 5) is 7.10. The third-order valence-corrected chi connectivity index (χ3v) is 4.46. The quantitative estimate of drug-likeness (QED) is 0.864. The third-order valence-electron chi connectivity index (χ3n) is 3.62. The molecule has 4 heteroatoms. The maximum absolute atomic E-state index is 5.75. The Labute approximate surface area is 127 Å². The van der Waals surface area contributed by atoms with Crippen LogP contribution < -0.4 is 10.6 Å². The van der Waals surface area contributed by atoms with Crippen LogP contribution in [0.1, 0.15) is 24.1 Å². The van der Waals surface area contributed by atoms with E-state index in [4.69, 9.17) is 10.7 Å². The number of anilines is 2. The first-order valence-electron chi connectivity index (χ1n) is 6.88. The van der Waals surface area contributed by atoms with E-state index in [0.717, 1.165) is 28.2 Å². The van der Waals surface area contributed by atoms with Crippen molar-refractivity contribution in [3.05, 3.63) is 52.1 Å². The van der Waals surface area contributed by atoms with Crippen LogP contribution in [-0.2, 0) is 6.54 Å². The van der Waals surface area contributed by atoms with E-state index in [1.807, 2.05) is 19.1 Å². The lowest BCUT2D eigenvalue weighted by atomic mass is 10.2. The Morgan fingerprint density at radius 1 is 1.20 bits per heavy atom. The molecule has 3 nitrogen and oxygen atoms in total. The molecule has 1 heterocycles. The van der Waals surface area contributed by atoms with Gasteiger partial charge in [0.15, 0.2) is 0 Å². The van der Waals surface area contributed by atoms with E-state index in [-0.39, 0.29) is 0 Å². The number of nitrogens with zero attached hydrogens (tertiary/aromatic N) is 2. The number of rotatable bonds is 4. The van der Waals surface area contributed by atoms with Crippen LogP contribution in [-0.4, -0.2) is 11.0 Å². The van der Waals surface area contributed by atoms with Crippen LogP contribution in [0.15, 0.2) is 40.9 Å². The second-order valence-corrected chi connectivity index (χ2v) is 6.19. The summed E-state index contributed by atoms with van der Waals surface area (Å²) < 4.78 is 1.06. The highest BCUT2D eigenvalue weighted by molar-refractivity contribution is 9.10. The number of nitrogen functional groups attached to an aromatic ring is 1. The van der Waals surface area contributed by atoms with Crippen LogP contribution in [0.25, 0.3) is 0 Å². The molecule has 0 unspecified atom stereocenters. The molecule has 0 saturated heterocycles. The molecule has 104 valence electrons. The van der Waals surface area contributed by atoms with Gasteiger partial charge in [-0.25, -0.2) is 4.98 Å². The van der Waals surface area contributed by atoms with Gasteiger partial charge in [0.25, 0.3) is 0 Å². The fourth-order valence-corrected chi connectivity index (χ4v) is 2.51. The number of nitrogens with two attached hydrogens (primary N) is 1. The van der Waals surface area contributed by atoms with Gasteiger partial charge in [0, 0.05) is 22.7 Å². The van der Waals surface area contributed by atoms with Crippen molar-refractivity contribution in [1.82, 2.24) is 4.98 Å². The van der Waals surface area contributed by atoms with E-state index >= 15 is 0 Å². The summed E-state index contributed by atoms with van der Waals surface area (Å²) >= 11 is 3.51. The number of hydrogen-bond donors (Lipinski definition) is 1. The number of aryl methyl sites for hydroxylation is 1. The van der Waals surface area contributed by atoms with E-state index < -0.39 is 0 Å². The average molecular weight is 332 g/mol. The van der Waals surface area contributed by atoms with Gasteiger partial charge in [-0.05, 0) is 65.5 Å². The minimum absolute atomic E-state index is 0.626. The zero-order chi connectivity index (χ0) is 14.1. The Morgan fingerprint density at radius 3 is 2.50 bits per heavy atom. The van der Waals surface area contributed by atoms with Gasteiger partial charge < -0.3 is 10.6 Å². The van der Waals surface area contributed by atoms with Crippen molar-refractivity contribution in [2.24, 2.45) is 0 Å². The Kier molecular flexibility index (Phi) is 3.66. The van der Waals surface area contributed by atoms with Gasteiger partial charge in [0.2, 0.25) is 0 Å². The summed E-state index contributed by atoms with van der Waals surface area (Å²) in [5.41, 5.74) is 8.86. The van der Waals surface area contributed by atoms with Crippen molar-refractivity contribution in [1.29, 1.82) is 0 Å². The van der Waals surface area contributed by atoms with Gasteiger partial charge in [-0.15, -0.1) is 0 Å². The molecule has 1 aromatic carbocycles. The average Bonchev–Trinajstić information content (AvgIpc) is 3.26. The molecule has 0 radical (unpaired) electrons. The normalized spacial score (nSPS) is 14.3. The number of halogens is 1. The zero-order valence-corrected chi connectivity index (χ0v) is 13.1. The molecular formula is C16H18BrN3. The Morgan fingerprint density at radius 2 is 1.90 bits per heavy atom. The van der Waals surface area contributed by atoms with Crippen molar-refractivity contribution in [2.75, 3.05) is 10.6 Å². The lowest BCUT2D eigenvalue weighted by molar-refractivity contribution is 0.775. The standard InChI is InChI=1S/C16H18BrN3/c1-11-15(17)8-9-16(19-11)20(14-6-7-14)10-12-2-4-13(18)5-3-12/h2-5,8-9,14H,6-7,10,18H2,1H3. The second kappa shape index (κ2) is 5.44. The fraction of sp³-hybridized carbons (Fsp3) is 0.312. The molecule has 0 amide bonds. The molecular weight excluding hydrogens is 314 g/mol. The third kappa shape index (κ3) is 2.96. The first-order chi connectivity index (χ1) is 9.63. The van der Waals surface area contributed by atoms with Crippen LogP contribution in [0.2, 0.25) is 0 Å². The highest BCUT2D eigenvalue weighted by atomic mass is 79.9. The van der Waals surface area contributed by atoms with Crippen molar-refractivity contribution in [2.45, 2.75) is 32.4 Å². The maximum atomic E-state index is 5.75. The summed E-state index contributed by atoms with van der Waals surface area (Å²) in [7, 11) is 0. The predicted octanol–water partition coefficient (Wildman–Crippen LogP) is 3.90. The number of aromatic nitrogens is 1. The summed E-state index contributed by atoms with van der Waals surface area (Å²) in [5, 5.41) is 0. The van der Waals surface area contributed by atoms with Crippen LogP contribution in [0.5, 0.6) is 0 Å². The molecule has 0 bridgehead atoms. The highest BCUT2D eigenvalue weighted by Gasteiger charge is 2.30. The number of hydrogen-bond acceptors (Lipinski definition) is 3. The molecule has 1 aliphatic rings. The maximum Gasteiger partial charge on any atom is 0.129 e. The van der Waals surface area contributed by atoms with E-state index in [0.29, 0.717) is 6.04 Å². The van der Waals surface area contributed by atoms with Crippen LogP contribution in [0, 0.1) is 6.92 Å². The van der Waals surface area contributed by atoms with Gasteiger partial charge in [0.05, 0.1) is 5.69 Å². The lowest BCUT2D eigenvalue weighted by Crippen LogP contribution is -2.26. The number of pyridine rings is 1. The molecule has 0 atom stereocenters. The van der Waals surface area contributed by atoms with Gasteiger partial charge in [-0.3, -0.25) is 0 Å². The summed E-state index contributed by atoms with van der Waals surface area (Å²) in [6.45, 7) is 2.92. The molecule has 0 aliphatic heterocycles. The molecule has 0 spiro atoms. The monoisotopic (exact) mass is 331 g/mol. The zero-order valence-electron chi connectivity index (χ0n) is 11.5. The minimum Gasteiger partial charge on any atom is -0.399 e. The topological polar surface area (TPSA) is 42.2 Å². The van der Waals surface area contributed by atoms with Gasteiger partial charge in [0.1, 0.15) is 5.82 Å². The molecule has 3 rings (SSSR count). The fourth-order valence-electron chi connectivity index (χ4n) is 2.29. The second-order valence-electron chi connectivity index (χ2n) is 5.34. The van der Waals surface area contributed by atoms with Crippen LogP contribution in [0.4, 0.5) is 11.5 Å². The van der Waals surface area contributed by atoms with E-state index in [1.165, 1.54) is 18.4 Å². The molecule has 1 aliphatic carbocycles. The minimum atomic E-state index is 0.626. The summed E-state index contributed by atoms with van der Waals surface area (Å²) in [6, 6.07) is 12.9. The Bertz CT molecular complexity index is 606. The molecule has 1 aromatic heterocycles. The molecule has 1 saturated carbocycles. The molecule has 2 aromatic rings. The largest absolute Gasteiger partial charge is 0.399 e. The Balaban J connectivity index is 1.85. The van der Waals surface area contributed by atoms with Crippen molar-refractivity contribution < 1.29 is 0 Å². The summed E-state index contributed by atoms with van der Waals surface area (Å²) in [5.74, 6) is 1.06. The number of benzene rings is 1. The van der Waals surface area contributed by atoms with Crippen molar-refractivity contribution >= 4 is 27.4 Å². The molecule has 2 N–H and O–H groups in total. The summed E-state index contributed by atoms with van der Waals surface area (Å²) in [6.07, 6.45) is 2.51. The molecule has 20 heavy (non-hydrogen) atoms. The highest BCUT2D eigenvalue weighted by Crippen LogP contribution is 2.33. The Hall–Kier alpha value is -1.55. The van der Waals surface area contributed by atoms with Gasteiger partial charge in [-0.1, -0.05) is 12.1 Å². The smallest absolute Gasteiger partial charge is 0.129 e. The van der Waals surface area contributed by atoms with Gasteiger partial charge >= 0.3 is 0 Å². The van der Waals surface area contributed by atoms with E-state index in [1.54, 1.807) is 0 Å². The van der Waals surface area contributed by atoms with Crippen molar-refractivity contribution in [3.8, 4) is 0 Å². The lowest BCUT2D eigenvalue weighted by Gasteiger charge is -2.24. The van der Waals surface area contributed by atoms with Gasteiger partial charge in [-0.2, -0.15) is 0 Å². The van der Waals surface area contributed by atoms with Crippen molar-refractivity contribution in [3.63, 3.8) is 0 Å². The first kappa shape index (κ1) is 13.4. The predicted molar refractivity (Wildman–Crippen MR) is 86.7 cm³/mol. The first-order valence-corrected chi connectivity index (χ1v) is 7.67.